The number of hydrogen-bond acceptors (Lipinski definition) is 2. The smallest absolute Gasteiger partial charge is 0.254 e. The average Bonchev–Trinajstić information content (AvgIpc) is 2.53. The zero-order valence-electron chi connectivity index (χ0n) is 12.4. The van der Waals surface area contributed by atoms with Crippen molar-refractivity contribution in [2.75, 3.05) is 13.7 Å². The van der Waals surface area contributed by atoms with Gasteiger partial charge >= 0.3 is 0 Å². The van der Waals surface area contributed by atoms with Crippen molar-refractivity contribution in [2.24, 2.45) is 0 Å². The molecule has 3 rings (SSSR count). The Morgan fingerprint density at radius 1 is 1.14 bits per heavy atom. The molecular formula is C18H19NO2. The minimum absolute atomic E-state index is 0.111. The van der Waals surface area contributed by atoms with Crippen molar-refractivity contribution in [2.45, 2.75) is 19.9 Å². The molecule has 2 aromatic carbocycles. The van der Waals surface area contributed by atoms with E-state index in [-0.39, 0.29) is 5.91 Å². The topological polar surface area (TPSA) is 29.5 Å². The third-order valence-electron chi connectivity index (χ3n) is 3.98. The average molecular weight is 281 g/mol. The molecule has 1 heterocycles. The molecule has 0 aliphatic carbocycles. The van der Waals surface area contributed by atoms with Crippen LogP contribution in [0.4, 0.5) is 0 Å². The van der Waals surface area contributed by atoms with Crippen LogP contribution in [0, 0.1) is 6.92 Å². The highest BCUT2D eigenvalue weighted by Crippen LogP contribution is 2.24. The molecule has 0 saturated carbocycles. The van der Waals surface area contributed by atoms with E-state index >= 15 is 0 Å². The number of benzene rings is 2. The molecule has 3 nitrogen and oxygen atoms in total. The molecule has 0 saturated heterocycles. The van der Waals surface area contributed by atoms with Gasteiger partial charge in [0.15, 0.2) is 0 Å². The first kappa shape index (κ1) is 13.7. The molecule has 0 unspecified atom stereocenters. The number of aryl methyl sites for hydroxylation is 1. The van der Waals surface area contributed by atoms with Crippen LogP contribution < -0.4 is 4.74 Å². The summed E-state index contributed by atoms with van der Waals surface area (Å²) < 4.78 is 5.26. The molecule has 108 valence electrons. The number of hydrogen-bond donors (Lipinski definition) is 0. The molecule has 1 aliphatic heterocycles. The Morgan fingerprint density at radius 3 is 2.76 bits per heavy atom. The van der Waals surface area contributed by atoms with Gasteiger partial charge in [-0.3, -0.25) is 4.79 Å². The van der Waals surface area contributed by atoms with Gasteiger partial charge in [-0.05, 0) is 48.7 Å². The number of methoxy groups -OCH3 is 1. The van der Waals surface area contributed by atoms with Crippen molar-refractivity contribution in [1.29, 1.82) is 0 Å². The van der Waals surface area contributed by atoms with Crippen LogP contribution in [0.15, 0.2) is 42.5 Å². The van der Waals surface area contributed by atoms with Crippen molar-refractivity contribution >= 4 is 5.91 Å². The molecule has 0 radical (unpaired) electrons. The van der Waals surface area contributed by atoms with Crippen LogP contribution in [0.2, 0.25) is 0 Å². The maximum Gasteiger partial charge on any atom is 0.254 e. The van der Waals surface area contributed by atoms with Crippen LogP contribution in [0.1, 0.15) is 27.0 Å². The van der Waals surface area contributed by atoms with Crippen LogP contribution in [0.3, 0.4) is 0 Å². The second-order valence-electron chi connectivity index (χ2n) is 5.48. The van der Waals surface area contributed by atoms with Gasteiger partial charge in [0.05, 0.1) is 7.11 Å². The SMILES string of the molecule is COc1ccc2c(c1)CCN(C(=O)c1cccc(C)c1)C2. The van der Waals surface area contributed by atoms with E-state index < -0.39 is 0 Å². The normalized spacial score (nSPS) is 13.7. The second kappa shape index (κ2) is 5.60. The van der Waals surface area contributed by atoms with Crippen molar-refractivity contribution < 1.29 is 9.53 Å². The fourth-order valence-corrected chi connectivity index (χ4v) is 2.79. The molecule has 0 N–H and O–H groups in total. The molecule has 0 bridgehead atoms. The van der Waals surface area contributed by atoms with Crippen molar-refractivity contribution in [3.63, 3.8) is 0 Å². The predicted molar refractivity (Wildman–Crippen MR) is 82.6 cm³/mol. The summed E-state index contributed by atoms with van der Waals surface area (Å²) in [5.41, 5.74) is 4.38. The van der Waals surface area contributed by atoms with Crippen LogP contribution in [0.5, 0.6) is 5.75 Å². The van der Waals surface area contributed by atoms with Crippen LogP contribution in [-0.4, -0.2) is 24.5 Å². The monoisotopic (exact) mass is 281 g/mol. The Morgan fingerprint density at radius 2 is 2.00 bits per heavy atom. The van der Waals surface area contributed by atoms with Crippen molar-refractivity contribution in [3.8, 4) is 5.75 Å². The Kier molecular flexibility index (Phi) is 3.65. The second-order valence-corrected chi connectivity index (χ2v) is 5.48. The highest BCUT2D eigenvalue weighted by atomic mass is 16.5. The van der Waals surface area contributed by atoms with Gasteiger partial charge in [0.25, 0.3) is 5.91 Å². The van der Waals surface area contributed by atoms with Gasteiger partial charge in [-0.1, -0.05) is 23.8 Å². The Bertz CT molecular complexity index is 679. The first-order chi connectivity index (χ1) is 10.2. The predicted octanol–water partition coefficient (Wildman–Crippen LogP) is 3.20. The highest BCUT2D eigenvalue weighted by molar-refractivity contribution is 5.94. The molecule has 21 heavy (non-hydrogen) atoms. The first-order valence-electron chi connectivity index (χ1n) is 7.19. The van der Waals surface area contributed by atoms with Crippen molar-refractivity contribution in [3.05, 3.63) is 64.7 Å². The summed E-state index contributed by atoms with van der Waals surface area (Å²) in [6, 6.07) is 13.9. The molecule has 1 amide bonds. The lowest BCUT2D eigenvalue weighted by atomic mass is 9.98. The summed E-state index contributed by atoms with van der Waals surface area (Å²) in [7, 11) is 1.68. The lowest BCUT2D eigenvalue weighted by molar-refractivity contribution is 0.0734. The van der Waals surface area contributed by atoms with Gasteiger partial charge < -0.3 is 9.64 Å². The molecule has 0 aromatic heterocycles. The minimum Gasteiger partial charge on any atom is -0.497 e. The molecule has 0 spiro atoms. The molecular weight excluding hydrogens is 262 g/mol. The first-order valence-corrected chi connectivity index (χ1v) is 7.19. The van der Waals surface area contributed by atoms with E-state index in [0.29, 0.717) is 6.54 Å². The summed E-state index contributed by atoms with van der Waals surface area (Å²) >= 11 is 0. The Balaban J connectivity index is 1.81. The van der Waals surface area contributed by atoms with Gasteiger partial charge in [-0.15, -0.1) is 0 Å². The third-order valence-corrected chi connectivity index (χ3v) is 3.98. The van der Waals surface area contributed by atoms with E-state index in [1.54, 1.807) is 7.11 Å². The quantitative estimate of drug-likeness (QED) is 0.846. The number of carbonyl (C=O) groups excluding carboxylic acids is 1. The fourth-order valence-electron chi connectivity index (χ4n) is 2.79. The maximum atomic E-state index is 12.6. The van der Waals surface area contributed by atoms with Crippen LogP contribution in [-0.2, 0) is 13.0 Å². The zero-order chi connectivity index (χ0) is 14.8. The van der Waals surface area contributed by atoms with Gasteiger partial charge in [-0.2, -0.15) is 0 Å². The lowest BCUT2D eigenvalue weighted by Crippen LogP contribution is -2.35. The molecule has 3 heteroatoms. The van der Waals surface area contributed by atoms with Crippen molar-refractivity contribution in [1.82, 2.24) is 4.90 Å². The van der Waals surface area contributed by atoms with E-state index in [0.717, 1.165) is 29.8 Å². The number of fused-ring (bicyclic) bond motifs is 1. The standard InChI is InChI=1S/C18H19NO2/c1-13-4-3-5-15(10-13)18(20)19-9-8-14-11-17(21-2)7-6-16(14)12-19/h3-7,10-11H,8-9,12H2,1-2H3. The molecule has 1 aliphatic rings. The van der Waals surface area contributed by atoms with Gasteiger partial charge in [0.1, 0.15) is 5.75 Å². The number of nitrogens with zero attached hydrogens (tertiary/aromatic N) is 1. The van der Waals surface area contributed by atoms with Gasteiger partial charge in [-0.25, -0.2) is 0 Å². The Hall–Kier alpha value is -2.29. The van der Waals surface area contributed by atoms with E-state index in [2.05, 4.69) is 12.1 Å². The largest absolute Gasteiger partial charge is 0.497 e. The van der Waals surface area contributed by atoms with Crippen LogP contribution >= 0.6 is 0 Å². The molecule has 0 atom stereocenters. The summed E-state index contributed by atoms with van der Waals surface area (Å²) in [6.45, 7) is 3.44. The highest BCUT2D eigenvalue weighted by Gasteiger charge is 2.22. The summed E-state index contributed by atoms with van der Waals surface area (Å²) in [5, 5.41) is 0. The number of carbonyl (C=O) groups is 1. The fraction of sp³-hybridized carbons (Fsp3) is 0.278. The van der Waals surface area contributed by atoms with E-state index in [1.165, 1.54) is 11.1 Å². The third kappa shape index (κ3) is 2.77. The lowest BCUT2D eigenvalue weighted by Gasteiger charge is -2.29. The van der Waals surface area contributed by atoms with E-state index in [1.807, 2.05) is 42.2 Å². The zero-order valence-corrected chi connectivity index (χ0v) is 12.4. The summed E-state index contributed by atoms with van der Waals surface area (Å²) in [4.78, 5) is 14.5. The number of ether oxygens (including phenoxy) is 1. The van der Waals surface area contributed by atoms with Gasteiger partial charge in [0.2, 0.25) is 0 Å². The Labute approximate surface area is 125 Å². The van der Waals surface area contributed by atoms with E-state index in [4.69, 9.17) is 4.74 Å². The van der Waals surface area contributed by atoms with Gasteiger partial charge in [0, 0.05) is 18.7 Å². The van der Waals surface area contributed by atoms with E-state index in [9.17, 15) is 4.79 Å². The van der Waals surface area contributed by atoms with Crippen LogP contribution in [0.25, 0.3) is 0 Å². The molecule has 0 fully saturated rings. The number of amides is 1. The molecule has 2 aromatic rings. The summed E-state index contributed by atoms with van der Waals surface area (Å²) in [5.74, 6) is 0.993. The maximum absolute atomic E-state index is 12.6. The minimum atomic E-state index is 0.111. The summed E-state index contributed by atoms with van der Waals surface area (Å²) in [6.07, 6.45) is 0.879. The number of rotatable bonds is 2.